The van der Waals surface area contributed by atoms with Crippen LogP contribution in [0.5, 0.6) is 5.75 Å². The summed E-state index contributed by atoms with van der Waals surface area (Å²) in [6.07, 6.45) is 46.2. The number of unbranched alkanes of at least 4 members (excludes halogenated alkanes) is 26. The van der Waals surface area contributed by atoms with Crippen LogP contribution in [0.3, 0.4) is 0 Å². The maximum atomic E-state index is 6.55. The number of fused-ring (bicyclic) bond motifs is 2. The van der Waals surface area contributed by atoms with Gasteiger partial charge in [-0.3, -0.25) is 0 Å². The number of nitrogens with one attached hydrogen (secondary N) is 1. The van der Waals surface area contributed by atoms with Crippen molar-refractivity contribution in [2.45, 2.75) is 207 Å². The van der Waals surface area contributed by atoms with Gasteiger partial charge in [-0.1, -0.05) is 199 Å². The van der Waals surface area contributed by atoms with Crippen LogP contribution in [-0.4, -0.2) is 0 Å². The Morgan fingerprint density at radius 2 is 1.06 bits per heavy atom. The van der Waals surface area contributed by atoms with Crippen molar-refractivity contribution >= 4 is 22.9 Å². The lowest BCUT2D eigenvalue weighted by Crippen LogP contribution is -2.36. The Hall–Kier alpha value is -3.01. The van der Waals surface area contributed by atoms with Crippen LogP contribution in [-0.2, 0) is 13.0 Å². The molecular weight excluding hydrogens is 649 g/mol. The number of anilines is 1. The maximum Gasteiger partial charge on any atom is 0.374 e. The van der Waals surface area contributed by atoms with Crippen LogP contribution in [0.4, 0.5) is 5.69 Å². The first kappa shape index (κ1) is 42.7. The second kappa shape index (κ2) is 27.6. The van der Waals surface area contributed by atoms with E-state index < -0.39 is 0 Å². The van der Waals surface area contributed by atoms with Gasteiger partial charge in [-0.2, -0.15) is 4.57 Å². The van der Waals surface area contributed by atoms with Gasteiger partial charge in [0.2, 0.25) is 5.58 Å². The number of benzene rings is 2. The van der Waals surface area contributed by atoms with Gasteiger partial charge < -0.3 is 14.5 Å². The van der Waals surface area contributed by atoms with Crippen molar-refractivity contribution < 1.29 is 13.7 Å². The lowest BCUT2D eigenvalue weighted by Gasteiger charge is -2.04. The predicted octanol–water partition coefficient (Wildman–Crippen LogP) is 15.6. The lowest BCUT2D eigenvalue weighted by molar-refractivity contribution is -0.678. The van der Waals surface area contributed by atoms with Crippen LogP contribution in [0.1, 0.15) is 205 Å². The van der Waals surface area contributed by atoms with Crippen molar-refractivity contribution in [1.29, 1.82) is 0 Å². The van der Waals surface area contributed by atoms with E-state index in [0.717, 1.165) is 41.8 Å². The fraction of sp³-hybridized carbons (Fsp3) is 0.653. The van der Waals surface area contributed by atoms with E-state index in [1.54, 1.807) is 0 Å². The number of aromatic nitrogens is 1. The molecule has 294 valence electrons. The number of rotatable bonds is 32. The van der Waals surface area contributed by atoms with Gasteiger partial charge in [-0.15, -0.1) is 0 Å². The second-order valence-electron chi connectivity index (χ2n) is 15.9. The Balaban J connectivity index is 1.22. The summed E-state index contributed by atoms with van der Waals surface area (Å²) in [6.45, 7) is 5.60. The molecule has 0 spiro atoms. The molecule has 0 aliphatic carbocycles. The number of ether oxygens (including phenoxy) is 1. The summed E-state index contributed by atoms with van der Waals surface area (Å²) in [5.41, 5.74) is 4.75. The Labute approximate surface area is 325 Å². The number of aryl methyl sites for hydroxylation is 2. The number of allylic oxidation sites excluding steroid dienone is 2. The molecule has 0 radical (unpaired) electrons. The summed E-state index contributed by atoms with van der Waals surface area (Å²) in [4.78, 5) is 0. The molecule has 1 aliphatic heterocycles. The molecule has 0 atom stereocenters. The van der Waals surface area contributed by atoms with Gasteiger partial charge >= 0.3 is 5.89 Å². The first-order valence-electron chi connectivity index (χ1n) is 22.7. The molecule has 0 saturated heterocycles. The molecule has 4 heteroatoms. The van der Waals surface area contributed by atoms with Crippen LogP contribution < -0.4 is 14.6 Å². The highest BCUT2D eigenvalue weighted by atomic mass is 16.5. The normalized spacial score (nSPS) is 13.4. The van der Waals surface area contributed by atoms with Crippen LogP contribution in [0.2, 0.25) is 0 Å². The van der Waals surface area contributed by atoms with Crippen molar-refractivity contribution in [1.82, 2.24) is 0 Å². The topological polar surface area (TPSA) is 38.3 Å². The molecule has 0 saturated carbocycles. The lowest BCUT2D eigenvalue weighted by atomic mass is 10.0. The summed E-state index contributed by atoms with van der Waals surface area (Å²) in [5.74, 6) is 2.54. The van der Waals surface area contributed by atoms with Crippen molar-refractivity contribution in [2.75, 3.05) is 5.32 Å². The molecule has 0 fully saturated rings. The molecule has 1 N–H and O–H groups in total. The minimum absolute atomic E-state index is 0.746. The van der Waals surface area contributed by atoms with Crippen LogP contribution >= 0.6 is 0 Å². The van der Waals surface area contributed by atoms with E-state index in [4.69, 9.17) is 9.15 Å². The zero-order valence-corrected chi connectivity index (χ0v) is 34.3. The molecule has 0 bridgehead atoms. The van der Waals surface area contributed by atoms with E-state index in [2.05, 4.69) is 54.1 Å². The molecule has 0 amide bonds. The number of hydrogen-bond donors (Lipinski definition) is 1. The molecule has 2 aromatic carbocycles. The monoisotopic (exact) mass is 726 g/mol. The molecule has 53 heavy (non-hydrogen) atoms. The maximum absolute atomic E-state index is 6.55. The summed E-state index contributed by atoms with van der Waals surface area (Å²) in [5, 5.41) is 3.36. The number of oxazole rings is 1. The highest BCUT2D eigenvalue weighted by Gasteiger charge is 2.23. The highest BCUT2D eigenvalue weighted by molar-refractivity contribution is 5.74. The van der Waals surface area contributed by atoms with Crippen molar-refractivity contribution in [2.24, 2.45) is 0 Å². The number of para-hydroxylation sites is 3. The average Bonchev–Trinajstić information content (AvgIpc) is 3.76. The van der Waals surface area contributed by atoms with Gasteiger partial charge in [0.1, 0.15) is 0 Å². The standard InChI is InChI=1S/C49H76N2O2/c1-3-5-7-9-11-13-15-17-19-21-23-25-27-29-35-43-36-33-39-46-49(43)51(42-32-28-26-24-22-20-18-16-14-12-10-8-6-4-2)48(53-46)41-34-40-47-50-44-37-30-31-38-45(44)52-47/h30-31,33-34,36-41H,3-29,32,35,42H2,1-2H3/p+1. The Bertz CT molecular complexity index is 1410. The summed E-state index contributed by atoms with van der Waals surface area (Å²) < 4.78 is 15.0. The van der Waals surface area contributed by atoms with Gasteiger partial charge in [0.25, 0.3) is 5.52 Å². The predicted molar refractivity (Wildman–Crippen MR) is 229 cm³/mol. The molecule has 3 aromatic rings. The third-order valence-electron chi connectivity index (χ3n) is 11.2. The third-order valence-corrected chi connectivity index (χ3v) is 11.2. The van der Waals surface area contributed by atoms with Crippen LogP contribution in [0.25, 0.3) is 17.2 Å². The average molecular weight is 726 g/mol. The zero-order chi connectivity index (χ0) is 37.0. The Kier molecular flexibility index (Phi) is 22.2. The summed E-state index contributed by atoms with van der Waals surface area (Å²) in [7, 11) is 0. The first-order valence-corrected chi connectivity index (χ1v) is 22.7. The first-order chi connectivity index (χ1) is 26.3. The van der Waals surface area contributed by atoms with E-state index >= 15 is 0 Å². The molecule has 4 rings (SSSR count). The summed E-state index contributed by atoms with van der Waals surface area (Å²) >= 11 is 0. The van der Waals surface area contributed by atoms with E-state index in [9.17, 15) is 0 Å². The molecular formula is C49H77N2O2+. The Morgan fingerprint density at radius 3 is 1.60 bits per heavy atom. The SMILES string of the molecule is CCCCCCCCCCCCCCCCc1cccc2oc(C=CC=C3Nc4ccccc4O3)[n+](CCCCCCCCCCCCCCCC)c12. The van der Waals surface area contributed by atoms with E-state index in [1.807, 2.05) is 30.3 Å². The van der Waals surface area contributed by atoms with Gasteiger partial charge in [0, 0.05) is 12.0 Å². The van der Waals surface area contributed by atoms with E-state index in [1.165, 1.54) is 191 Å². The third kappa shape index (κ3) is 16.9. The largest absolute Gasteiger partial charge is 0.439 e. The minimum Gasteiger partial charge on any atom is -0.439 e. The quantitative estimate of drug-likeness (QED) is 0.0514. The van der Waals surface area contributed by atoms with Gasteiger partial charge in [0.15, 0.2) is 18.2 Å². The van der Waals surface area contributed by atoms with Crippen molar-refractivity contribution in [3.8, 4) is 5.75 Å². The molecule has 4 nitrogen and oxygen atoms in total. The number of nitrogens with zero attached hydrogens (tertiary/aromatic N) is 1. The van der Waals surface area contributed by atoms with E-state index in [-0.39, 0.29) is 0 Å². The fourth-order valence-electron chi connectivity index (χ4n) is 7.99. The molecule has 2 heterocycles. The van der Waals surface area contributed by atoms with Crippen molar-refractivity contribution in [3.63, 3.8) is 0 Å². The molecule has 1 aromatic heterocycles. The van der Waals surface area contributed by atoms with Gasteiger partial charge in [-0.05, 0) is 49.6 Å². The fourth-order valence-corrected chi connectivity index (χ4v) is 7.99. The van der Waals surface area contributed by atoms with Crippen molar-refractivity contribution in [3.05, 3.63) is 72.0 Å². The highest BCUT2D eigenvalue weighted by Crippen LogP contribution is 2.32. The zero-order valence-electron chi connectivity index (χ0n) is 34.3. The molecule has 1 aliphatic rings. The van der Waals surface area contributed by atoms with Gasteiger partial charge in [-0.25, -0.2) is 0 Å². The smallest absolute Gasteiger partial charge is 0.374 e. The number of hydrogen-bond acceptors (Lipinski definition) is 3. The molecule has 0 unspecified atom stereocenters. The van der Waals surface area contributed by atoms with E-state index in [0.29, 0.717) is 0 Å². The summed E-state index contributed by atoms with van der Waals surface area (Å²) in [6, 6.07) is 14.7. The van der Waals surface area contributed by atoms with Crippen LogP contribution in [0.15, 0.2) is 64.9 Å². The second-order valence-corrected chi connectivity index (χ2v) is 15.9. The van der Waals surface area contributed by atoms with Gasteiger partial charge in [0.05, 0.1) is 11.8 Å². The van der Waals surface area contributed by atoms with Crippen LogP contribution in [0, 0.1) is 0 Å². The minimum atomic E-state index is 0.746. The Morgan fingerprint density at radius 1 is 0.547 bits per heavy atom.